The molecule has 1 rings (SSSR count). The largest absolute Gasteiger partial charge is 0.459 e. The van der Waals surface area contributed by atoms with Crippen LogP contribution < -0.4 is 11.1 Å². The summed E-state index contributed by atoms with van der Waals surface area (Å²) in [5, 5.41) is 2.55. The van der Waals surface area contributed by atoms with Gasteiger partial charge in [0.2, 0.25) is 0 Å². The predicted molar refractivity (Wildman–Crippen MR) is 86.9 cm³/mol. The van der Waals surface area contributed by atoms with Gasteiger partial charge in [-0.2, -0.15) is 0 Å². The molecule has 0 bridgehead atoms. The van der Waals surface area contributed by atoms with Gasteiger partial charge >= 0.3 is 12.1 Å². The number of amides is 1. The first-order chi connectivity index (χ1) is 10.4. The van der Waals surface area contributed by atoms with Gasteiger partial charge in [-0.3, -0.25) is 10.3 Å². The molecule has 0 aliphatic rings. The summed E-state index contributed by atoms with van der Waals surface area (Å²) in [5.74, 6) is -0.558. The molecule has 1 aromatic rings. The predicted octanol–water partition coefficient (Wildman–Crippen LogP) is 2.77. The van der Waals surface area contributed by atoms with Crippen LogP contribution in [0.3, 0.4) is 0 Å². The highest BCUT2D eigenvalue weighted by atomic mass is 16.6. The van der Waals surface area contributed by atoms with E-state index in [1.165, 1.54) is 6.20 Å². The average Bonchev–Trinajstić information content (AvgIpc) is 2.34. The van der Waals surface area contributed by atoms with E-state index in [9.17, 15) is 9.59 Å². The van der Waals surface area contributed by atoms with Crippen LogP contribution in [-0.4, -0.2) is 28.2 Å². The second kappa shape index (κ2) is 6.95. The third kappa shape index (κ3) is 7.10. The Balaban J connectivity index is 2.69. The van der Waals surface area contributed by atoms with Gasteiger partial charge in [-0.25, -0.2) is 9.59 Å². The van der Waals surface area contributed by atoms with E-state index in [2.05, 4.69) is 10.3 Å². The summed E-state index contributed by atoms with van der Waals surface area (Å²) in [6.45, 7) is 10.6. The molecule has 0 aliphatic carbocycles. The Hall–Kier alpha value is -2.15. The number of nitrogens with two attached hydrogens (primary N) is 1. The number of rotatable bonds is 3. The molecule has 0 fully saturated rings. The van der Waals surface area contributed by atoms with Gasteiger partial charge in [-0.05, 0) is 53.7 Å². The molecule has 0 radical (unpaired) electrons. The number of aromatic nitrogens is 1. The smallest absolute Gasteiger partial charge is 0.412 e. The van der Waals surface area contributed by atoms with Crippen molar-refractivity contribution in [2.75, 3.05) is 5.32 Å². The summed E-state index contributed by atoms with van der Waals surface area (Å²) in [4.78, 5) is 27.6. The molecule has 0 saturated heterocycles. The zero-order valence-corrected chi connectivity index (χ0v) is 14.5. The number of carbonyl (C=O) groups is 2. The number of hydrogen-bond donors (Lipinski definition) is 2. The van der Waals surface area contributed by atoms with Crippen molar-refractivity contribution in [3.05, 3.63) is 24.0 Å². The van der Waals surface area contributed by atoms with Gasteiger partial charge < -0.3 is 15.2 Å². The molecule has 1 atom stereocenters. The first-order valence-electron chi connectivity index (χ1n) is 7.32. The summed E-state index contributed by atoms with van der Waals surface area (Å²) in [6, 6.07) is 2.17. The van der Waals surface area contributed by atoms with E-state index in [-0.39, 0.29) is 0 Å². The van der Waals surface area contributed by atoms with Crippen molar-refractivity contribution in [1.29, 1.82) is 0 Å². The maximum Gasteiger partial charge on any atom is 0.412 e. The topological polar surface area (TPSA) is 104 Å². The highest BCUT2D eigenvalue weighted by Crippen LogP contribution is 2.17. The molecule has 0 saturated carbocycles. The molecular weight excluding hydrogens is 298 g/mol. The maximum atomic E-state index is 11.9. The quantitative estimate of drug-likeness (QED) is 0.829. The minimum absolute atomic E-state index is 0.356. The van der Waals surface area contributed by atoms with Crippen LogP contribution in [0.15, 0.2) is 18.3 Å². The summed E-state index contributed by atoms with van der Waals surface area (Å²) in [5.41, 5.74) is 5.43. The van der Waals surface area contributed by atoms with Gasteiger partial charge in [-0.15, -0.1) is 0 Å². The number of esters is 1. The molecule has 0 aromatic carbocycles. The van der Waals surface area contributed by atoms with Gasteiger partial charge in [0.05, 0.1) is 17.6 Å². The second-order valence-corrected chi connectivity index (χ2v) is 7.11. The zero-order valence-electron chi connectivity index (χ0n) is 14.5. The van der Waals surface area contributed by atoms with E-state index < -0.39 is 29.3 Å². The number of nitrogens with zero attached hydrogens (tertiary/aromatic N) is 1. The standard InChI is InChI=1S/C16H25N3O4/c1-15(2,3)22-13(20)12(17)11-8-7-10(9-18-11)19-14(21)23-16(4,5)6/h7-9,12H,17H2,1-6H3,(H,19,21). The molecule has 7 nitrogen and oxygen atoms in total. The highest BCUT2D eigenvalue weighted by molar-refractivity contribution is 5.84. The van der Waals surface area contributed by atoms with Crippen molar-refractivity contribution < 1.29 is 19.1 Å². The number of ether oxygens (including phenoxy) is 2. The molecule has 1 amide bonds. The van der Waals surface area contributed by atoms with Crippen LogP contribution in [0.4, 0.5) is 10.5 Å². The van der Waals surface area contributed by atoms with Crippen LogP contribution in [0.2, 0.25) is 0 Å². The Labute approximate surface area is 136 Å². The van der Waals surface area contributed by atoms with Crippen LogP contribution in [0.5, 0.6) is 0 Å². The normalized spacial score (nSPS) is 13.2. The van der Waals surface area contributed by atoms with Crippen LogP contribution in [0.1, 0.15) is 53.3 Å². The molecule has 7 heteroatoms. The summed E-state index contributed by atoms with van der Waals surface area (Å²) < 4.78 is 10.3. The lowest BCUT2D eigenvalue weighted by molar-refractivity contribution is -0.156. The Morgan fingerprint density at radius 3 is 2.09 bits per heavy atom. The molecular formula is C16H25N3O4. The summed E-state index contributed by atoms with van der Waals surface area (Å²) in [6.07, 6.45) is 0.826. The number of carbonyl (C=O) groups excluding carboxylic acids is 2. The van der Waals surface area contributed by atoms with Gasteiger partial charge in [0.15, 0.2) is 0 Å². The summed E-state index contributed by atoms with van der Waals surface area (Å²) in [7, 11) is 0. The average molecular weight is 323 g/mol. The van der Waals surface area contributed by atoms with Gasteiger partial charge in [0.25, 0.3) is 0 Å². The second-order valence-electron chi connectivity index (χ2n) is 7.11. The van der Waals surface area contributed by atoms with Crippen LogP contribution in [0, 0.1) is 0 Å². The monoisotopic (exact) mass is 323 g/mol. The van der Waals surface area contributed by atoms with Crippen molar-refractivity contribution >= 4 is 17.7 Å². The van der Waals surface area contributed by atoms with E-state index in [1.54, 1.807) is 53.7 Å². The zero-order chi connectivity index (χ0) is 17.8. The van der Waals surface area contributed by atoms with Gasteiger partial charge in [0, 0.05) is 0 Å². The Bertz CT molecular complexity index is 556. The van der Waals surface area contributed by atoms with Gasteiger partial charge in [-0.1, -0.05) is 0 Å². The molecule has 23 heavy (non-hydrogen) atoms. The maximum absolute atomic E-state index is 11.9. The molecule has 0 spiro atoms. The van der Waals surface area contributed by atoms with E-state index in [0.717, 1.165) is 0 Å². The molecule has 1 aromatic heterocycles. The molecule has 3 N–H and O–H groups in total. The van der Waals surface area contributed by atoms with Crippen molar-refractivity contribution in [2.24, 2.45) is 5.73 Å². The number of anilines is 1. The van der Waals surface area contributed by atoms with Crippen LogP contribution in [-0.2, 0) is 14.3 Å². The molecule has 128 valence electrons. The van der Waals surface area contributed by atoms with E-state index in [1.807, 2.05) is 0 Å². The van der Waals surface area contributed by atoms with Crippen LogP contribution in [0.25, 0.3) is 0 Å². The molecule has 1 heterocycles. The lowest BCUT2D eigenvalue weighted by Gasteiger charge is -2.22. The minimum Gasteiger partial charge on any atom is -0.459 e. The van der Waals surface area contributed by atoms with Crippen molar-refractivity contribution in [1.82, 2.24) is 4.98 Å². The van der Waals surface area contributed by atoms with E-state index in [4.69, 9.17) is 15.2 Å². The minimum atomic E-state index is -0.982. The lowest BCUT2D eigenvalue weighted by Crippen LogP contribution is -2.32. The number of pyridine rings is 1. The fourth-order valence-corrected chi connectivity index (χ4v) is 1.57. The van der Waals surface area contributed by atoms with E-state index >= 15 is 0 Å². The van der Waals surface area contributed by atoms with Crippen molar-refractivity contribution in [3.8, 4) is 0 Å². The van der Waals surface area contributed by atoms with Crippen molar-refractivity contribution in [3.63, 3.8) is 0 Å². The number of nitrogens with one attached hydrogen (secondary N) is 1. The Kier molecular flexibility index (Phi) is 5.71. The fraction of sp³-hybridized carbons (Fsp3) is 0.562. The van der Waals surface area contributed by atoms with Gasteiger partial charge in [0.1, 0.15) is 17.2 Å². The Morgan fingerprint density at radius 1 is 1.09 bits per heavy atom. The fourth-order valence-electron chi connectivity index (χ4n) is 1.57. The molecule has 1 unspecified atom stereocenters. The van der Waals surface area contributed by atoms with Crippen LogP contribution >= 0.6 is 0 Å². The highest BCUT2D eigenvalue weighted by Gasteiger charge is 2.24. The molecule has 0 aliphatic heterocycles. The first kappa shape index (κ1) is 18.9. The summed E-state index contributed by atoms with van der Waals surface area (Å²) >= 11 is 0. The third-order valence-electron chi connectivity index (χ3n) is 2.41. The third-order valence-corrected chi connectivity index (χ3v) is 2.41. The number of hydrogen-bond acceptors (Lipinski definition) is 6. The van der Waals surface area contributed by atoms with E-state index in [0.29, 0.717) is 11.4 Å². The first-order valence-corrected chi connectivity index (χ1v) is 7.32. The SMILES string of the molecule is CC(C)(C)OC(=O)Nc1ccc(C(N)C(=O)OC(C)(C)C)nc1. The Morgan fingerprint density at radius 2 is 1.65 bits per heavy atom. The van der Waals surface area contributed by atoms with Crippen molar-refractivity contribution in [2.45, 2.75) is 58.8 Å². The lowest BCUT2D eigenvalue weighted by atomic mass is 10.1.